The Morgan fingerprint density at radius 2 is 1.06 bits per heavy atom. The van der Waals surface area contributed by atoms with Gasteiger partial charge in [-0.25, -0.2) is 27.5 Å². The molecule has 0 unspecified atom stereocenters. The number of pyridine rings is 2. The fourth-order valence-corrected chi connectivity index (χ4v) is 10.3. The maximum Gasteiger partial charge on any atom is 0.310 e. The largest absolute Gasteiger partial charge is 0.481 e. The monoisotopic (exact) mass is 1010 g/mol. The number of carboxylic acid groups (broad SMARTS) is 2. The molecule has 2 saturated heterocycles. The van der Waals surface area contributed by atoms with Crippen molar-refractivity contribution in [2.45, 2.75) is 104 Å². The number of hydrogen-bond donors (Lipinski definition) is 6. The molecule has 4 aromatic heterocycles. The number of anilines is 4. The molecule has 0 radical (unpaired) electrons. The molecule has 2 aliphatic heterocycles. The highest BCUT2D eigenvalue weighted by molar-refractivity contribution is 6.31. The molecule has 14 nitrogen and oxygen atoms in total. The van der Waals surface area contributed by atoms with Crippen LogP contribution in [0.15, 0.2) is 72.8 Å². The van der Waals surface area contributed by atoms with Crippen molar-refractivity contribution in [3.05, 3.63) is 140 Å². The number of carboxylic acids is 2. The Hall–Kier alpha value is -6.08. The zero-order chi connectivity index (χ0) is 50.7. The number of benzene rings is 2. The molecular weight excluding hydrogens is 952 g/mol. The Morgan fingerprint density at radius 1 is 0.671 bits per heavy atom. The van der Waals surface area contributed by atoms with Crippen molar-refractivity contribution in [3.63, 3.8) is 0 Å². The first-order valence-corrected chi connectivity index (χ1v) is 23.7. The second kappa shape index (κ2) is 21.5. The van der Waals surface area contributed by atoms with Gasteiger partial charge in [-0.15, -0.1) is 0 Å². The number of nitrogens with one attached hydrogen (secondary N) is 4. The summed E-state index contributed by atoms with van der Waals surface area (Å²) in [5, 5.41) is 40.3. The normalized spacial score (nSPS) is 21.6. The van der Waals surface area contributed by atoms with E-state index in [9.17, 15) is 37.4 Å². The summed E-state index contributed by atoms with van der Waals surface area (Å²) in [6.45, 7) is 12.1. The SMILES string of the molecule is Cc1cc(Nc2ccc(F)c(C[C@@]3(C(=O)O)CCN([C@@H](C)c4cccc(Cl)c4F)[C@H](C)C3)n2)n[nH]1.Cc1cc(Nc2ccc(F)c(C[C@@]3(C(=O)O)CCN([C@H](C)c4cccc(Cl)c4F)[C@H](C)C3)n2)n[nH]1. The van der Waals surface area contributed by atoms with Gasteiger partial charge in [-0.05, 0) is 104 Å². The molecule has 6 heterocycles. The van der Waals surface area contributed by atoms with Gasteiger partial charge in [0, 0.05) is 84.7 Å². The molecule has 0 aliphatic carbocycles. The minimum absolute atomic E-state index is 0.0542. The molecule has 6 aromatic rings. The van der Waals surface area contributed by atoms with Gasteiger partial charge >= 0.3 is 11.9 Å². The van der Waals surface area contributed by atoms with Crippen molar-refractivity contribution in [2.75, 3.05) is 23.7 Å². The van der Waals surface area contributed by atoms with Crippen LogP contribution in [0.5, 0.6) is 0 Å². The third-order valence-corrected chi connectivity index (χ3v) is 14.3. The van der Waals surface area contributed by atoms with Gasteiger partial charge < -0.3 is 20.8 Å². The van der Waals surface area contributed by atoms with Crippen molar-refractivity contribution in [2.24, 2.45) is 10.8 Å². The fraction of sp³-hybridized carbons (Fsp3) is 0.400. The van der Waals surface area contributed by atoms with E-state index in [4.69, 9.17) is 23.2 Å². The Labute approximate surface area is 413 Å². The number of aromatic amines is 2. The summed E-state index contributed by atoms with van der Waals surface area (Å²) in [5.74, 6) is -2.21. The van der Waals surface area contributed by atoms with Gasteiger partial charge in [-0.3, -0.25) is 29.6 Å². The first-order chi connectivity index (χ1) is 33.2. The summed E-state index contributed by atoms with van der Waals surface area (Å²) >= 11 is 11.9. The molecule has 2 aliphatic rings. The van der Waals surface area contributed by atoms with E-state index in [0.29, 0.717) is 47.5 Å². The summed E-state index contributed by atoms with van der Waals surface area (Å²) < 4.78 is 58.7. The second-order valence-corrected chi connectivity index (χ2v) is 19.4. The lowest BCUT2D eigenvalue weighted by molar-refractivity contribution is -0.155. The topological polar surface area (TPSA) is 188 Å². The predicted molar refractivity (Wildman–Crippen MR) is 260 cm³/mol. The Kier molecular flexibility index (Phi) is 15.9. The van der Waals surface area contributed by atoms with E-state index in [1.165, 1.54) is 36.4 Å². The molecule has 8 rings (SSSR count). The number of hydrogen-bond acceptors (Lipinski definition) is 10. The van der Waals surface area contributed by atoms with E-state index < -0.39 is 46.0 Å². The summed E-state index contributed by atoms with van der Waals surface area (Å²) in [7, 11) is 0. The number of rotatable bonds is 14. The van der Waals surface area contributed by atoms with Gasteiger partial charge in [-0.1, -0.05) is 47.5 Å². The molecule has 70 heavy (non-hydrogen) atoms. The minimum atomic E-state index is -1.20. The number of piperidine rings is 2. The molecule has 6 N–H and O–H groups in total. The standard InChI is InChI=1S/2C25H28ClF2N5O2/c2*1-14-11-22(32-31-14)30-21-8-7-19(27)20(29-21)13-25(24(34)35)9-10-33(15(2)12-25)16(3)17-5-4-6-18(26)23(17)28/h2*4-8,11,15-16H,9-10,12-13H2,1-3H3,(H,34,35)(H2,29,30,31,32)/t15-,16+,25-;15-,16-,25-/m11/s1. The Bertz CT molecular complexity index is 2660. The number of aromatic nitrogens is 6. The molecule has 0 saturated carbocycles. The van der Waals surface area contributed by atoms with Crippen LogP contribution in [0.25, 0.3) is 0 Å². The van der Waals surface area contributed by atoms with E-state index in [-0.39, 0.29) is 84.1 Å². The highest BCUT2D eigenvalue weighted by Gasteiger charge is 2.48. The van der Waals surface area contributed by atoms with Crippen LogP contribution in [-0.4, -0.2) is 87.5 Å². The van der Waals surface area contributed by atoms with Gasteiger partial charge in [0.2, 0.25) is 0 Å². The molecule has 20 heteroatoms. The first-order valence-electron chi connectivity index (χ1n) is 22.9. The number of H-pyrrole nitrogens is 2. The lowest BCUT2D eigenvalue weighted by Gasteiger charge is -2.46. The zero-order valence-electron chi connectivity index (χ0n) is 39.6. The van der Waals surface area contributed by atoms with Crippen molar-refractivity contribution in [1.82, 2.24) is 40.2 Å². The summed E-state index contributed by atoms with van der Waals surface area (Å²) in [6.07, 6.45) is 0.980. The lowest BCUT2D eigenvalue weighted by Crippen LogP contribution is -2.51. The number of nitrogens with zero attached hydrogens (tertiary/aromatic N) is 6. The number of carbonyl (C=O) groups is 2. The van der Waals surface area contributed by atoms with Gasteiger partial charge in [0.1, 0.15) is 34.9 Å². The van der Waals surface area contributed by atoms with Crippen molar-refractivity contribution in [1.29, 1.82) is 0 Å². The predicted octanol–water partition coefficient (Wildman–Crippen LogP) is 11.3. The number of aryl methyl sites for hydroxylation is 2. The number of halogens is 6. The maximum absolute atomic E-state index is 14.7. The Balaban J connectivity index is 0.000000206. The fourth-order valence-electron chi connectivity index (χ4n) is 9.98. The average Bonchev–Trinajstić information content (AvgIpc) is 3.93. The molecule has 0 bridgehead atoms. The van der Waals surface area contributed by atoms with E-state index >= 15 is 0 Å². The third kappa shape index (κ3) is 11.4. The smallest absolute Gasteiger partial charge is 0.310 e. The van der Waals surface area contributed by atoms with Crippen LogP contribution in [0.1, 0.15) is 99.4 Å². The first kappa shape index (κ1) is 51.8. The van der Waals surface area contributed by atoms with Crippen LogP contribution in [0.3, 0.4) is 0 Å². The van der Waals surface area contributed by atoms with Gasteiger partial charge in [0.05, 0.1) is 32.3 Å². The second-order valence-electron chi connectivity index (χ2n) is 18.6. The van der Waals surface area contributed by atoms with Crippen molar-refractivity contribution < 1.29 is 37.4 Å². The van der Waals surface area contributed by atoms with E-state index in [1.807, 2.05) is 41.5 Å². The minimum Gasteiger partial charge on any atom is -0.481 e. The molecule has 6 atom stereocenters. The van der Waals surface area contributed by atoms with Crippen LogP contribution in [0, 0.1) is 47.9 Å². The van der Waals surface area contributed by atoms with Crippen LogP contribution >= 0.6 is 23.2 Å². The molecule has 2 aromatic carbocycles. The molecule has 372 valence electrons. The molecule has 2 fully saturated rings. The van der Waals surface area contributed by atoms with Crippen molar-refractivity contribution in [3.8, 4) is 0 Å². The Morgan fingerprint density at radius 3 is 1.39 bits per heavy atom. The summed E-state index contributed by atoms with van der Waals surface area (Å²) in [4.78, 5) is 37.8. The summed E-state index contributed by atoms with van der Waals surface area (Å²) in [5.41, 5.74) is 0.410. The van der Waals surface area contributed by atoms with Crippen molar-refractivity contribution >= 4 is 58.4 Å². The summed E-state index contributed by atoms with van der Waals surface area (Å²) in [6, 6.07) is 17.9. The van der Waals surface area contributed by atoms with Gasteiger partial charge in [-0.2, -0.15) is 10.2 Å². The lowest BCUT2D eigenvalue weighted by atomic mass is 9.71. The average molecular weight is 1010 g/mol. The zero-order valence-corrected chi connectivity index (χ0v) is 41.1. The van der Waals surface area contributed by atoms with Crippen LogP contribution in [-0.2, 0) is 22.4 Å². The van der Waals surface area contributed by atoms with Crippen LogP contribution < -0.4 is 10.6 Å². The van der Waals surface area contributed by atoms with Crippen LogP contribution in [0.2, 0.25) is 10.0 Å². The van der Waals surface area contributed by atoms with Crippen LogP contribution in [0.4, 0.5) is 40.8 Å². The van der Waals surface area contributed by atoms with Gasteiger partial charge in [0.15, 0.2) is 11.6 Å². The number of aliphatic carboxylic acids is 2. The van der Waals surface area contributed by atoms with E-state index in [0.717, 1.165) is 11.4 Å². The molecule has 0 amide bonds. The molecular formula is C50H56Cl2F4N10O4. The highest BCUT2D eigenvalue weighted by atomic mass is 35.5. The van der Waals surface area contributed by atoms with E-state index in [1.54, 1.807) is 36.4 Å². The third-order valence-electron chi connectivity index (χ3n) is 13.7. The highest BCUT2D eigenvalue weighted by Crippen LogP contribution is 2.44. The van der Waals surface area contributed by atoms with E-state index in [2.05, 4.69) is 50.8 Å². The number of likely N-dealkylation sites (tertiary alicyclic amines) is 2. The quantitative estimate of drug-likeness (QED) is 0.0568. The maximum atomic E-state index is 14.7. The van der Waals surface area contributed by atoms with Gasteiger partial charge in [0.25, 0.3) is 0 Å². The molecule has 0 spiro atoms.